The third-order valence-corrected chi connectivity index (χ3v) is 3.30. The number of hydrogen-bond donors (Lipinski definition) is 7. The van der Waals surface area contributed by atoms with E-state index in [1.807, 2.05) is 0 Å². The third-order valence-electron chi connectivity index (χ3n) is 2.82. The lowest BCUT2D eigenvalue weighted by molar-refractivity contribution is -0.311. The summed E-state index contributed by atoms with van der Waals surface area (Å²) >= 11 is 0. The average molecular weight is 348 g/mol. The van der Waals surface area contributed by atoms with E-state index in [1.165, 1.54) is 0 Å². The van der Waals surface area contributed by atoms with Crippen LogP contribution in [0.5, 0.6) is 0 Å². The molecule has 1 fully saturated rings. The number of carboxylic acid groups (broad SMARTS) is 1. The van der Waals surface area contributed by atoms with Crippen LogP contribution in [0.25, 0.3) is 0 Å². The predicted octanol–water partition coefficient (Wildman–Crippen LogP) is -3.63. The fourth-order valence-corrected chi connectivity index (χ4v) is 2.00. The minimum absolute atomic E-state index is 0.748. The van der Waals surface area contributed by atoms with Crippen LogP contribution < -0.4 is 0 Å². The van der Waals surface area contributed by atoms with Crippen molar-refractivity contribution in [3.8, 4) is 0 Å². The lowest BCUT2D eigenvalue weighted by Crippen LogP contribution is -2.60. The fraction of sp³-hybridized carbons (Fsp3) is 0.889. The Morgan fingerprint density at radius 3 is 2.23 bits per heavy atom. The molecule has 0 aliphatic carbocycles. The molecule has 12 nitrogen and oxygen atoms in total. The maximum absolute atomic E-state index is 10.9. The van der Waals surface area contributed by atoms with Gasteiger partial charge in [0, 0.05) is 0 Å². The zero-order valence-corrected chi connectivity index (χ0v) is 11.9. The van der Waals surface area contributed by atoms with Gasteiger partial charge in [0.15, 0.2) is 12.4 Å². The van der Waals surface area contributed by atoms with Crippen molar-refractivity contribution in [3.63, 3.8) is 0 Å². The molecule has 1 aliphatic heterocycles. The summed E-state index contributed by atoms with van der Waals surface area (Å²) in [5, 5.41) is 46.5. The molecule has 1 heterocycles. The van der Waals surface area contributed by atoms with Crippen molar-refractivity contribution in [1.29, 1.82) is 0 Å². The molecule has 0 radical (unpaired) electrons. The van der Waals surface area contributed by atoms with Crippen LogP contribution in [-0.4, -0.2) is 91.3 Å². The normalized spacial score (nSPS) is 34.4. The monoisotopic (exact) mass is 348 g/mol. The van der Waals surface area contributed by atoms with Crippen molar-refractivity contribution in [3.05, 3.63) is 0 Å². The second-order valence-electron chi connectivity index (χ2n) is 4.45. The fourth-order valence-electron chi connectivity index (χ4n) is 1.68. The van der Waals surface area contributed by atoms with Crippen LogP contribution in [0.3, 0.4) is 0 Å². The summed E-state index contributed by atoms with van der Waals surface area (Å²) in [6.07, 6.45) is -10.3. The minimum atomic E-state index is -4.94. The number of aliphatic hydroxyl groups is 4. The van der Waals surface area contributed by atoms with E-state index < -0.39 is 63.8 Å². The van der Waals surface area contributed by atoms with Crippen LogP contribution in [0.4, 0.5) is 0 Å². The summed E-state index contributed by atoms with van der Waals surface area (Å²) in [7, 11) is -4.94. The van der Waals surface area contributed by atoms with Crippen molar-refractivity contribution >= 4 is 13.8 Å². The van der Waals surface area contributed by atoms with E-state index in [1.54, 1.807) is 0 Å². The molecule has 0 amide bonds. The highest BCUT2D eigenvalue weighted by Crippen LogP contribution is 2.36. The van der Waals surface area contributed by atoms with Gasteiger partial charge < -0.3 is 44.8 Å². The SMILES string of the molecule is O=C(O)[C@@H](COP(=O)(O)O)O[C@H]1O[C@H](CO)[C@@H](O)[C@H](O)[C@H]1O. The Labute approximate surface area is 123 Å². The zero-order chi connectivity index (χ0) is 17.1. The number of aliphatic hydroxyl groups excluding tert-OH is 4. The zero-order valence-electron chi connectivity index (χ0n) is 11.0. The minimum Gasteiger partial charge on any atom is -0.479 e. The first-order valence-corrected chi connectivity index (χ1v) is 7.48. The Bertz CT molecular complexity index is 421. The highest BCUT2D eigenvalue weighted by molar-refractivity contribution is 7.46. The van der Waals surface area contributed by atoms with Crippen LogP contribution in [-0.2, 0) is 23.4 Å². The number of carbonyl (C=O) groups is 1. The Morgan fingerprint density at radius 2 is 1.77 bits per heavy atom. The lowest BCUT2D eigenvalue weighted by Gasteiger charge is -2.40. The molecule has 7 N–H and O–H groups in total. The van der Waals surface area contributed by atoms with E-state index in [9.17, 15) is 24.7 Å². The van der Waals surface area contributed by atoms with Gasteiger partial charge in [-0.15, -0.1) is 0 Å². The molecule has 0 aromatic carbocycles. The van der Waals surface area contributed by atoms with Crippen LogP contribution in [0.2, 0.25) is 0 Å². The molecular weight excluding hydrogens is 331 g/mol. The number of phosphoric acid groups is 1. The Balaban J connectivity index is 2.75. The number of rotatable bonds is 7. The molecule has 0 saturated carbocycles. The van der Waals surface area contributed by atoms with E-state index in [2.05, 4.69) is 4.52 Å². The van der Waals surface area contributed by atoms with Gasteiger partial charge in [-0.05, 0) is 0 Å². The topological polar surface area (TPSA) is 203 Å². The number of aliphatic carboxylic acids is 1. The molecule has 1 saturated heterocycles. The Kier molecular flexibility index (Phi) is 6.83. The smallest absolute Gasteiger partial charge is 0.469 e. The number of phosphoric ester groups is 1. The lowest BCUT2D eigenvalue weighted by atomic mass is 9.99. The van der Waals surface area contributed by atoms with E-state index >= 15 is 0 Å². The van der Waals surface area contributed by atoms with Gasteiger partial charge in [0.2, 0.25) is 0 Å². The first-order valence-electron chi connectivity index (χ1n) is 5.95. The quantitative estimate of drug-likeness (QED) is 0.223. The van der Waals surface area contributed by atoms with Gasteiger partial charge in [-0.25, -0.2) is 9.36 Å². The summed E-state index contributed by atoms with van der Waals surface area (Å²) < 4.78 is 24.2. The molecular formula is C9H17O12P. The molecule has 0 spiro atoms. The van der Waals surface area contributed by atoms with Crippen LogP contribution in [0.15, 0.2) is 0 Å². The van der Waals surface area contributed by atoms with Gasteiger partial charge in [0.1, 0.15) is 24.4 Å². The van der Waals surface area contributed by atoms with E-state index in [-0.39, 0.29) is 0 Å². The molecule has 130 valence electrons. The first-order chi connectivity index (χ1) is 10.1. The largest absolute Gasteiger partial charge is 0.479 e. The summed E-state index contributed by atoms with van der Waals surface area (Å²) in [6, 6.07) is 0. The molecule has 22 heavy (non-hydrogen) atoms. The van der Waals surface area contributed by atoms with Gasteiger partial charge in [-0.3, -0.25) is 4.52 Å². The summed E-state index contributed by atoms with van der Waals surface area (Å²) in [5.41, 5.74) is 0. The van der Waals surface area contributed by atoms with Crippen molar-refractivity contribution in [2.24, 2.45) is 0 Å². The highest BCUT2D eigenvalue weighted by atomic mass is 31.2. The molecule has 1 rings (SSSR count). The molecule has 0 unspecified atom stereocenters. The number of ether oxygens (including phenoxy) is 2. The van der Waals surface area contributed by atoms with Gasteiger partial charge in [0.05, 0.1) is 13.2 Å². The molecule has 1 aliphatic rings. The van der Waals surface area contributed by atoms with Gasteiger partial charge in [0.25, 0.3) is 0 Å². The maximum atomic E-state index is 10.9. The van der Waals surface area contributed by atoms with Crippen molar-refractivity contribution < 1.29 is 58.7 Å². The molecule has 0 bridgehead atoms. The van der Waals surface area contributed by atoms with Gasteiger partial charge in [-0.2, -0.15) is 0 Å². The van der Waals surface area contributed by atoms with Gasteiger partial charge in [-0.1, -0.05) is 0 Å². The Morgan fingerprint density at radius 1 is 1.18 bits per heavy atom. The molecule has 13 heteroatoms. The number of carboxylic acids is 1. The Hall–Kier alpha value is -0.660. The second-order valence-corrected chi connectivity index (χ2v) is 5.69. The third kappa shape index (κ3) is 5.21. The molecule has 0 aromatic rings. The highest BCUT2D eigenvalue weighted by Gasteiger charge is 2.45. The van der Waals surface area contributed by atoms with Crippen LogP contribution in [0.1, 0.15) is 0 Å². The van der Waals surface area contributed by atoms with Crippen molar-refractivity contribution in [2.45, 2.75) is 36.8 Å². The van der Waals surface area contributed by atoms with E-state index in [0.29, 0.717) is 0 Å². The second kappa shape index (κ2) is 7.75. The van der Waals surface area contributed by atoms with Crippen molar-refractivity contribution in [2.75, 3.05) is 13.2 Å². The summed E-state index contributed by atoms with van der Waals surface area (Å²) in [4.78, 5) is 28.0. The number of hydrogen-bond acceptors (Lipinski definition) is 9. The van der Waals surface area contributed by atoms with Gasteiger partial charge >= 0.3 is 13.8 Å². The maximum Gasteiger partial charge on any atom is 0.469 e. The predicted molar refractivity (Wildman–Crippen MR) is 64.3 cm³/mol. The first kappa shape index (κ1) is 19.4. The average Bonchev–Trinajstić information content (AvgIpc) is 2.41. The van der Waals surface area contributed by atoms with Crippen molar-refractivity contribution in [1.82, 2.24) is 0 Å². The van der Waals surface area contributed by atoms with Crippen LogP contribution >= 0.6 is 7.82 Å². The standard InChI is InChI=1S/C9H17O12P/c10-1-3-5(11)6(12)7(13)9(20-3)21-4(8(14)15)2-19-22(16,17)18/h3-7,9-13H,1-2H2,(H,14,15)(H2,16,17,18)/t3-,4-,5-,6+,7-,9-/m1/s1. The van der Waals surface area contributed by atoms with E-state index in [4.69, 9.17) is 29.5 Å². The summed E-state index contributed by atoms with van der Waals surface area (Å²) in [6.45, 7) is -1.81. The van der Waals surface area contributed by atoms with E-state index in [0.717, 1.165) is 0 Å². The van der Waals surface area contributed by atoms with Crippen LogP contribution in [0, 0.1) is 0 Å². The summed E-state index contributed by atoms with van der Waals surface area (Å²) in [5.74, 6) is -1.68. The molecule has 6 atom stereocenters. The molecule has 0 aromatic heterocycles.